The monoisotopic (exact) mass is 502 g/mol. The van der Waals surface area contributed by atoms with E-state index < -0.39 is 21.8 Å². The second kappa shape index (κ2) is 14.2. The van der Waals surface area contributed by atoms with Crippen LogP contribution in [-0.2, 0) is 0 Å². The first-order valence-electron chi connectivity index (χ1n) is 6.24. The second-order valence-corrected chi connectivity index (χ2v) is 4.46. The van der Waals surface area contributed by atoms with Crippen molar-refractivity contribution in [2.45, 2.75) is 45.6 Å². The van der Waals surface area contributed by atoms with Crippen LogP contribution in [0.5, 0.6) is 0 Å². The normalized spacial score (nSPS) is 12.0. The van der Waals surface area contributed by atoms with Gasteiger partial charge in [0.15, 0.2) is 0 Å². The summed E-state index contributed by atoms with van der Waals surface area (Å²) >= 11 is 2.25. The van der Waals surface area contributed by atoms with Crippen molar-refractivity contribution in [3.8, 4) is 0 Å². The fraction of sp³-hybridized carbons (Fsp3) is 1.00. The SMILES string of the molecule is CCC(CC)(CC)NI.F[B-](F)(F)F.F[B-](F)(F)F.F[B-](F)(F)F. The van der Waals surface area contributed by atoms with Crippen LogP contribution in [0.3, 0.4) is 0 Å². The molecule has 0 fully saturated rings. The van der Waals surface area contributed by atoms with Gasteiger partial charge in [-0.15, -0.1) is 0 Å². The Morgan fingerprint density at radius 3 is 0.708 bits per heavy atom. The number of hydrogen-bond donors (Lipinski definition) is 1. The maximum atomic E-state index is 9.75. The Labute approximate surface area is 146 Å². The van der Waals surface area contributed by atoms with Gasteiger partial charge < -0.3 is 51.8 Å². The first kappa shape index (κ1) is 31.8. The van der Waals surface area contributed by atoms with E-state index in [4.69, 9.17) is 0 Å². The van der Waals surface area contributed by atoms with Gasteiger partial charge in [-0.1, -0.05) is 20.8 Å². The molecule has 0 rings (SSSR count). The van der Waals surface area contributed by atoms with Crippen molar-refractivity contribution in [1.29, 1.82) is 0 Å². The fourth-order valence-electron chi connectivity index (χ4n) is 0.950. The van der Waals surface area contributed by atoms with Crippen molar-refractivity contribution in [3.05, 3.63) is 0 Å². The lowest BCUT2D eigenvalue weighted by Crippen LogP contribution is -2.37. The molecule has 152 valence electrons. The summed E-state index contributed by atoms with van der Waals surface area (Å²) in [5.74, 6) is 0. The maximum absolute atomic E-state index is 9.75. The highest BCUT2D eigenvalue weighted by Crippen LogP contribution is 2.20. The van der Waals surface area contributed by atoms with E-state index in [1.54, 1.807) is 0 Å². The Kier molecular flexibility index (Phi) is 18.9. The third-order valence-corrected chi connectivity index (χ3v) is 3.37. The predicted molar refractivity (Wildman–Crippen MR) is 81.3 cm³/mol. The first-order chi connectivity index (χ1) is 10.2. The van der Waals surface area contributed by atoms with Crippen LogP contribution in [0.2, 0.25) is 0 Å². The van der Waals surface area contributed by atoms with Crippen molar-refractivity contribution in [2.75, 3.05) is 0 Å². The van der Waals surface area contributed by atoms with Crippen LogP contribution in [0.4, 0.5) is 51.8 Å². The van der Waals surface area contributed by atoms with Gasteiger partial charge in [-0.05, 0) is 19.3 Å². The molecule has 1 nitrogen and oxygen atoms in total. The Hall–Kier alpha value is 0.0448. The van der Waals surface area contributed by atoms with Gasteiger partial charge in [-0.25, -0.2) is 0 Å². The molecule has 17 heteroatoms. The lowest BCUT2D eigenvalue weighted by Gasteiger charge is -2.28. The van der Waals surface area contributed by atoms with Gasteiger partial charge in [0.05, 0.1) is 0 Å². The van der Waals surface area contributed by atoms with Crippen molar-refractivity contribution in [2.24, 2.45) is 0 Å². The van der Waals surface area contributed by atoms with E-state index in [0.717, 1.165) is 0 Å². The molecule has 0 saturated carbocycles. The van der Waals surface area contributed by atoms with Crippen molar-refractivity contribution < 1.29 is 51.8 Å². The molecule has 0 aromatic rings. The largest absolute Gasteiger partial charge is 0.673 e. The van der Waals surface area contributed by atoms with E-state index in [0.29, 0.717) is 5.54 Å². The molecule has 0 aliphatic heterocycles. The molecule has 0 unspecified atom stereocenters. The lowest BCUT2D eigenvalue weighted by atomic mass is 9.92. The average Bonchev–Trinajstić information content (AvgIpc) is 2.26. The zero-order valence-corrected chi connectivity index (χ0v) is 14.9. The van der Waals surface area contributed by atoms with Gasteiger partial charge in [-0.3, -0.25) is 3.53 Å². The van der Waals surface area contributed by atoms with Gasteiger partial charge in [0.2, 0.25) is 0 Å². The second-order valence-electron chi connectivity index (χ2n) is 3.92. The van der Waals surface area contributed by atoms with Crippen molar-refractivity contribution >= 4 is 44.6 Å². The summed E-state index contributed by atoms with van der Waals surface area (Å²) in [5, 5.41) is 0. The lowest BCUT2D eigenvalue weighted by molar-refractivity contribution is 0.364. The highest BCUT2D eigenvalue weighted by Gasteiger charge is 2.22. The molecule has 0 aliphatic carbocycles. The molecule has 0 bridgehead atoms. The molecule has 0 aliphatic rings. The van der Waals surface area contributed by atoms with Gasteiger partial charge in [0, 0.05) is 28.4 Å². The van der Waals surface area contributed by atoms with E-state index in [2.05, 4.69) is 47.2 Å². The van der Waals surface area contributed by atoms with E-state index >= 15 is 0 Å². The number of hydrogen-bond acceptors (Lipinski definition) is 1. The van der Waals surface area contributed by atoms with Crippen LogP contribution >= 0.6 is 22.9 Å². The smallest absolute Gasteiger partial charge is 0.418 e. The van der Waals surface area contributed by atoms with Gasteiger partial charge in [0.25, 0.3) is 0 Å². The van der Waals surface area contributed by atoms with Crippen LogP contribution < -0.4 is 3.53 Å². The Morgan fingerprint density at radius 2 is 0.708 bits per heavy atom. The standard InChI is InChI=1S/C7H16IN.3BF4/c1-4-7(5-2,6-3)9-8;3*2-1(3,4)5/h9H,4-6H2,1-3H3;;;/q;3*-1. The molecular weight excluding hydrogens is 485 g/mol. The molecule has 0 radical (unpaired) electrons. The number of nitrogens with one attached hydrogen (secondary N) is 1. The average molecular weight is 502 g/mol. The maximum Gasteiger partial charge on any atom is 0.673 e. The summed E-state index contributed by atoms with van der Waals surface area (Å²) < 4.78 is 120. The molecule has 0 aromatic carbocycles. The quantitative estimate of drug-likeness (QED) is 0.194. The van der Waals surface area contributed by atoms with Crippen LogP contribution in [-0.4, -0.2) is 27.3 Å². The molecule has 0 atom stereocenters. The molecule has 0 saturated heterocycles. The fourth-order valence-corrected chi connectivity index (χ4v) is 2.09. The summed E-state index contributed by atoms with van der Waals surface area (Å²) in [4.78, 5) is 0. The molecule has 0 heterocycles. The molecule has 0 spiro atoms. The summed E-state index contributed by atoms with van der Waals surface area (Å²) in [6.07, 6.45) is 3.68. The Morgan fingerprint density at radius 1 is 0.583 bits per heavy atom. The summed E-state index contributed by atoms with van der Waals surface area (Å²) in [6.45, 7) is 6.70. The molecule has 24 heavy (non-hydrogen) atoms. The van der Waals surface area contributed by atoms with Gasteiger partial charge in [-0.2, -0.15) is 0 Å². The van der Waals surface area contributed by atoms with E-state index in [1.165, 1.54) is 19.3 Å². The van der Waals surface area contributed by atoms with Gasteiger partial charge >= 0.3 is 21.8 Å². The zero-order chi connectivity index (χ0) is 20.8. The first-order valence-corrected chi connectivity index (χ1v) is 7.32. The molecular formula is C7H16B3F12IN-3. The minimum atomic E-state index is -6.00. The van der Waals surface area contributed by atoms with Crippen molar-refractivity contribution in [3.63, 3.8) is 0 Å². The van der Waals surface area contributed by atoms with E-state index in [9.17, 15) is 51.8 Å². The van der Waals surface area contributed by atoms with Crippen LogP contribution in [0.1, 0.15) is 40.0 Å². The predicted octanol–water partition coefficient (Wildman–Crippen LogP) is 6.79. The molecule has 0 aromatic heterocycles. The van der Waals surface area contributed by atoms with Crippen LogP contribution in [0.15, 0.2) is 0 Å². The summed E-state index contributed by atoms with van der Waals surface area (Å²) in [5.41, 5.74) is 0.403. The highest BCUT2D eigenvalue weighted by molar-refractivity contribution is 14.1. The number of rotatable bonds is 4. The summed E-state index contributed by atoms with van der Waals surface area (Å²) in [7, 11) is -18.0. The zero-order valence-electron chi connectivity index (χ0n) is 12.8. The van der Waals surface area contributed by atoms with Crippen LogP contribution in [0.25, 0.3) is 0 Å². The molecule has 1 N–H and O–H groups in total. The van der Waals surface area contributed by atoms with E-state index in [1.807, 2.05) is 0 Å². The third-order valence-electron chi connectivity index (χ3n) is 2.23. The highest BCUT2D eigenvalue weighted by atomic mass is 127. The third kappa shape index (κ3) is 67.3. The molecule has 0 amide bonds. The summed E-state index contributed by atoms with van der Waals surface area (Å²) in [6, 6.07) is 0. The van der Waals surface area contributed by atoms with Crippen LogP contribution in [0, 0.1) is 0 Å². The topological polar surface area (TPSA) is 12.0 Å². The number of halogens is 13. The Balaban J connectivity index is -0.000000116. The van der Waals surface area contributed by atoms with E-state index in [-0.39, 0.29) is 0 Å². The minimum absolute atomic E-state index is 0.403. The van der Waals surface area contributed by atoms with Gasteiger partial charge in [0.1, 0.15) is 0 Å². The van der Waals surface area contributed by atoms with Crippen molar-refractivity contribution in [1.82, 2.24) is 3.53 Å². The minimum Gasteiger partial charge on any atom is -0.418 e. The Bertz CT molecular complexity index is 213.